The molecule has 0 bridgehead atoms. The predicted octanol–water partition coefficient (Wildman–Crippen LogP) is 1.91. The van der Waals surface area contributed by atoms with Crippen LogP contribution in [0.25, 0.3) is 0 Å². The van der Waals surface area contributed by atoms with Crippen molar-refractivity contribution in [3.63, 3.8) is 0 Å². The van der Waals surface area contributed by atoms with Crippen LogP contribution >= 0.6 is 0 Å². The molecule has 0 aliphatic carbocycles. The Labute approximate surface area is 189 Å². The molecule has 0 saturated carbocycles. The first-order valence-corrected chi connectivity index (χ1v) is 11.6. The van der Waals surface area contributed by atoms with Crippen LogP contribution in [-0.2, 0) is 0 Å². The first-order valence-electron chi connectivity index (χ1n) is 11.6. The summed E-state index contributed by atoms with van der Waals surface area (Å²) in [6.07, 6.45) is 6.13. The summed E-state index contributed by atoms with van der Waals surface area (Å²) in [6, 6.07) is 1.21. The van der Waals surface area contributed by atoms with Crippen LogP contribution in [0.2, 0.25) is 0 Å². The molecule has 2 aliphatic rings. The summed E-state index contributed by atoms with van der Waals surface area (Å²) in [4.78, 5) is 32.9. The van der Waals surface area contributed by atoms with Gasteiger partial charge in [0.1, 0.15) is 0 Å². The van der Waals surface area contributed by atoms with E-state index >= 15 is 0 Å². The lowest BCUT2D eigenvalue weighted by Gasteiger charge is -2.37. The van der Waals surface area contributed by atoms with Gasteiger partial charge in [0, 0.05) is 63.1 Å². The minimum atomic E-state index is -0.00749. The number of carbonyl (C=O) groups excluding carboxylic acids is 1. The number of hydrogen-bond donors (Lipinski definition) is 1. The number of piperidine rings is 1. The molecule has 0 aromatic carbocycles. The fourth-order valence-corrected chi connectivity index (χ4v) is 4.46. The van der Waals surface area contributed by atoms with Gasteiger partial charge in [-0.05, 0) is 33.2 Å². The average Bonchev–Trinajstić information content (AvgIpc) is 3.50. The van der Waals surface area contributed by atoms with Crippen LogP contribution in [0, 0.1) is 0 Å². The molecule has 2 saturated heterocycles. The number of likely N-dealkylation sites (N-methyl/N-ethyl adjacent to an activating group) is 1. The van der Waals surface area contributed by atoms with Crippen molar-refractivity contribution < 1.29 is 9.32 Å². The van der Waals surface area contributed by atoms with Crippen molar-refractivity contribution in [2.75, 3.05) is 49.6 Å². The van der Waals surface area contributed by atoms with Gasteiger partial charge in [-0.25, -0.2) is 9.97 Å². The van der Waals surface area contributed by atoms with Crippen molar-refractivity contribution in [1.82, 2.24) is 30.3 Å². The molecule has 2 aromatic heterocycles. The molecular weight excluding hydrogens is 408 g/mol. The van der Waals surface area contributed by atoms with Crippen molar-refractivity contribution >= 4 is 17.9 Å². The molecule has 4 rings (SSSR count). The highest BCUT2D eigenvalue weighted by molar-refractivity contribution is 5.94. The molecular formula is C22H34N8O2. The van der Waals surface area contributed by atoms with Crippen LogP contribution in [0.4, 0.5) is 12.0 Å². The largest absolute Gasteiger partial charge is 0.339 e. The SMILES string of the molecule is CCN(C(=O)c1cnc(N2CCC(NC)C2)nc1)C1CCN(c2nc(C(C)C)no2)CC1. The Bertz CT molecular complexity index is 892. The Hall–Kier alpha value is -2.75. The standard InChI is InChI=1S/C22H34N8O2/c1-5-30(18-7-10-28(11-8-18)22-26-19(15(2)3)27-32-22)20(31)16-12-24-21(25-13-16)29-9-6-17(14-29)23-4/h12-13,15,17-18,23H,5-11,14H2,1-4H3. The predicted molar refractivity (Wildman–Crippen MR) is 122 cm³/mol. The van der Waals surface area contributed by atoms with Gasteiger partial charge in [-0.1, -0.05) is 19.0 Å². The van der Waals surface area contributed by atoms with Gasteiger partial charge in [0.2, 0.25) is 5.95 Å². The molecule has 4 heterocycles. The Morgan fingerprint density at radius 3 is 2.44 bits per heavy atom. The summed E-state index contributed by atoms with van der Waals surface area (Å²) in [5, 5.41) is 7.36. The fraction of sp³-hybridized carbons (Fsp3) is 0.682. The van der Waals surface area contributed by atoms with Gasteiger partial charge < -0.3 is 24.5 Å². The first kappa shape index (κ1) is 22.4. The van der Waals surface area contributed by atoms with Gasteiger partial charge in [-0.3, -0.25) is 4.79 Å². The van der Waals surface area contributed by atoms with Crippen molar-refractivity contribution in [2.45, 2.75) is 58.0 Å². The molecule has 1 amide bonds. The Morgan fingerprint density at radius 1 is 1.19 bits per heavy atom. The van der Waals surface area contributed by atoms with Gasteiger partial charge >= 0.3 is 6.01 Å². The minimum Gasteiger partial charge on any atom is -0.339 e. The summed E-state index contributed by atoms with van der Waals surface area (Å²) in [7, 11) is 1.98. The van der Waals surface area contributed by atoms with E-state index in [2.05, 4.69) is 35.2 Å². The molecule has 2 fully saturated rings. The monoisotopic (exact) mass is 442 g/mol. The molecule has 174 valence electrons. The molecule has 10 heteroatoms. The summed E-state index contributed by atoms with van der Waals surface area (Å²) >= 11 is 0. The van der Waals surface area contributed by atoms with E-state index in [1.165, 1.54) is 0 Å². The Balaban J connectivity index is 1.36. The highest BCUT2D eigenvalue weighted by Crippen LogP contribution is 2.24. The second-order valence-electron chi connectivity index (χ2n) is 8.89. The van der Waals surface area contributed by atoms with Crippen LogP contribution in [-0.4, -0.2) is 82.8 Å². The Kier molecular flexibility index (Phi) is 6.88. The highest BCUT2D eigenvalue weighted by Gasteiger charge is 2.30. The lowest BCUT2D eigenvalue weighted by atomic mass is 10.0. The quantitative estimate of drug-likeness (QED) is 0.688. The number of aromatic nitrogens is 4. The van der Waals surface area contributed by atoms with E-state index in [4.69, 9.17) is 4.52 Å². The lowest BCUT2D eigenvalue weighted by molar-refractivity contribution is 0.0661. The molecule has 10 nitrogen and oxygen atoms in total. The number of rotatable bonds is 7. The minimum absolute atomic E-state index is 0.00749. The average molecular weight is 443 g/mol. The number of nitrogens with zero attached hydrogens (tertiary/aromatic N) is 7. The second kappa shape index (κ2) is 9.81. The van der Waals surface area contributed by atoms with Crippen molar-refractivity contribution in [3.8, 4) is 0 Å². The maximum atomic E-state index is 13.2. The third kappa shape index (κ3) is 4.69. The number of nitrogens with one attached hydrogen (secondary N) is 1. The number of amides is 1. The van der Waals surface area contributed by atoms with E-state index in [-0.39, 0.29) is 17.9 Å². The van der Waals surface area contributed by atoms with Crippen molar-refractivity contribution in [1.29, 1.82) is 0 Å². The van der Waals surface area contributed by atoms with Gasteiger partial charge in [-0.2, -0.15) is 4.98 Å². The third-order valence-electron chi connectivity index (χ3n) is 6.49. The van der Waals surface area contributed by atoms with E-state index in [0.717, 1.165) is 51.3 Å². The summed E-state index contributed by atoms with van der Waals surface area (Å²) in [5.41, 5.74) is 0.542. The van der Waals surface area contributed by atoms with Crippen LogP contribution < -0.4 is 15.1 Å². The third-order valence-corrected chi connectivity index (χ3v) is 6.49. The summed E-state index contributed by atoms with van der Waals surface area (Å²) in [5.74, 6) is 1.65. The zero-order valence-electron chi connectivity index (χ0n) is 19.5. The van der Waals surface area contributed by atoms with Crippen LogP contribution in [0.3, 0.4) is 0 Å². The maximum Gasteiger partial charge on any atom is 0.324 e. The second-order valence-corrected chi connectivity index (χ2v) is 8.89. The van der Waals surface area contributed by atoms with Crippen LogP contribution in [0.5, 0.6) is 0 Å². The Morgan fingerprint density at radius 2 is 1.88 bits per heavy atom. The zero-order chi connectivity index (χ0) is 22.7. The van der Waals surface area contributed by atoms with Crippen LogP contribution in [0.1, 0.15) is 62.1 Å². The number of anilines is 2. The fourth-order valence-electron chi connectivity index (χ4n) is 4.46. The summed E-state index contributed by atoms with van der Waals surface area (Å²) < 4.78 is 5.43. The van der Waals surface area contributed by atoms with Gasteiger partial charge in [0.15, 0.2) is 5.82 Å². The zero-order valence-corrected chi connectivity index (χ0v) is 19.5. The first-order chi connectivity index (χ1) is 15.5. The van der Waals surface area contributed by atoms with Crippen molar-refractivity contribution in [3.05, 3.63) is 23.8 Å². The molecule has 1 atom stereocenters. The summed E-state index contributed by atoms with van der Waals surface area (Å²) in [6.45, 7) is 10.2. The van der Waals surface area contributed by atoms with Crippen LogP contribution in [0.15, 0.2) is 16.9 Å². The normalized spacial score (nSPS) is 19.7. The van der Waals surface area contributed by atoms with E-state index in [1.54, 1.807) is 12.4 Å². The molecule has 1 unspecified atom stereocenters. The van der Waals surface area contributed by atoms with E-state index in [9.17, 15) is 4.79 Å². The van der Waals surface area contributed by atoms with Gasteiger partial charge in [-0.15, -0.1) is 0 Å². The van der Waals surface area contributed by atoms with Crippen molar-refractivity contribution in [2.24, 2.45) is 0 Å². The molecule has 0 radical (unpaired) electrons. The molecule has 0 spiro atoms. The van der Waals surface area contributed by atoms with E-state index in [0.29, 0.717) is 30.1 Å². The van der Waals surface area contributed by atoms with Gasteiger partial charge in [0.05, 0.1) is 5.56 Å². The molecule has 2 aromatic rings. The molecule has 32 heavy (non-hydrogen) atoms. The smallest absolute Gasteiger partial charge is 0.324 e. The lowest BCUT2D eigenvalue weighted by Crippen LogP contribution is -2.47. The number of hydrogen-bond acceptors (Lipinski definition) is 9. The van der Waals surface area contributed by atoms with Gasteiger partial charge in [0.25, 0.3) is 5.91 Å². The topological polar surface area (TPSA) is 104 Å². The molecule has 2 aliphatic heterocycles. The van der Waals surface area contributed by atoms with E-state index < -0.39 is 0 Å². The van der Waals surface area contributed by atoms with E-state index in [1.807, 2.05) is 32.7 Å². The number of carbonyl (C=O) groups is 1. The highest BCUT2D eigenvalue weighted by atomic mass is 16.5. The maximum absolute atomic E-state index is 13.2. The molecule has 1 N–H and O–H groups in total.